The Morgan fingerprint density at radius 1 is 1.03 bits per heavy atom. The molecule has 1 aromatic heterocycles. The number of carbonyl (C=O) groups excluding carboxylic acids is 2. The molecule has 0 radical (unpaired) electrons. The first-order chi connectivity index (χ1) is 15.0. The summed E-state index contributed by atoms with van der Waals surface area (Å²) in [6, 6.07) is 10.7. The number of aryl methyl sites for hydroxylation is 1. The highest BCUT2D eigenvalue weighted by atomic mass is 16.2. The molecule has 0 spiro atoms. The summed E-state index contributed by atoms with van der Waals surface area (Å²) < 4.78 is 0. The van der Waals surface area contributed by atoms with E-state index in [2.05, 4.69) is 36.2 Å². The number of piperidine rings is 2. The molecule has 2 unspecified atom stereocenters. The molecule has 31 heavy (non-hydrogen) atoms. The zero-order chi connectivity index (χ0) is 21.8. The van der Waals surface area contributed by atoms with Gasteiger partial charge in [0, 0.05) is 37.5 Å². The minimum Gasteiger partial charge on any atom is -0.343 e. The molecule has 2 aliphatic heterocycles. The normalized spacial score (nSPS) is 22.5. The van der Waals surface area contributed by atoms with Gasteiger partial charge in [-0.3, -0.25) is 14.7 Å². The number of benzene rings is 1. The Labute approximate surface area is 185 Å². The number of likely N-dealkylation sites (tertiary alicyclic amines) is 2. The smallest absolute Gasteiger partial charge is 0.257 e. The van der Waals surface area contributed by atoms with Gasteiger partial charge in [0.1, 0.15) is 0 Å². The number of hydrogen-bond donors (Lipinski definition) is 1. The monoisotopic (exact) mass is 422 g/mol. The van der Waals surface area contributed by atoms with Crippen molar-refractivity contribution < 1.29 is 9.59 Å². The van der Waals surface area contributed by atoms with E-state index in [1.54, 1.807) is 6.20 Å². The van der Waals surface area contributed by atoms with E-state index in [0.717, 1.165) is 56.5 Å². The van der Waals surface area contributed by atoms with Crippen molar-refractivity contribution in [3.05, 3.63) is 53.3 Å². The van der Waals surface area contributed by atoms with Crippen LogP contribution in [0.15, 0.2) is 36.5 Å². The van der Waals surface area contributed by atoms with E-state index in [-0.39, 0.29) is 29.8 Å². The standard InChI is InChI=1S/C25H34N4O2/c1-18-7-6-8-19(2)29(18)25(31)22-17-26-27-24(22)21-13-15-28(16-14-21)23(30)12-11-20-9-4-3-5-10-20/h3-5,9-10,17-19,21H,6-8,11-16H2,1-2H3,(H,26,27). The number of hydrogen-bond acceptors (Lipinski definition) is 3. The third kappa shape index (κ3) is 4.83. The summed E-state index contributed by atoms with van der Waals surface area (Å²) >= 11 is 0. The van der Waals surface area contributed by atoms with Crippen LogP contribution in [0, 0.1) is 0 Å². The zero-order valence-corrected chi connectivity index (χ0v) is 18.7. The lowest BCUT2D eigenvalue weighted by molar-refractivity contribution is -0.132. The maximum Gasteiger partial charge on any atom is 0.257 e. The number of H-pyrrole nitrogens is 1. The molecule has 2 aromatic rings. The number of aromatic nitrogens is 2. The number of amides is 2. The van der Waals surface area contributed by atoms with Gasteiger partial charge in [-0.05, 0) is 57.9 Å². The highest BCUT2D eigenvalue weighted by Gasteiger charge is 2.34. The Balaban J connectivity index is 1.35. The highest BCUT2D eigenvalue weighted by Crippen LogP contribution is 2.32. The lowest BCUT2D eigenvalue weighted by Crippen LogP contribution is -2.47. The molecule has 2 aliphatic rings. The quantitative estimate of drug-likeness (QED) is 0.787. The first kappa shape index (κ1) is 21.6. The van der Waals surface area contributed by atoms with Crippen LogP contribution in [0.2, 0.25) is 0 Å². The van der Waals surface area contributed by atoms with Crippen LogP contribution in [-0.2, 0) is 11.2 Å². The Hall–Kier alpha value is -2.63. The van der Waals surface area contributed by atoms with Crippen molar-refractivity contribution in [2.45, 2.75) is 76.8 Å². The average molecular weight is 423 g/mol. The summed E-state index contributed by atoms with van der Waals surface area (Å²) in [5.41, 5.74) is 2.87. The van der Waals surface area contributed by atoms with Gasteiger partial charge >= 0.3 is 0 Å². The molecule has 4 rings (SSSR count). The maximum absolute atomic E-state index is 13.3. The van der Waals surface area contributed by atoms with E-state index in [9.17, 15) is 9.59 Å². The number of rotatable bonds is 5. The fourth-order valence-electron chi connectivity index (χ4n) is 5.21. The van der Waals surface area contributed by atoms with E-state index in [0.29, 0.717) is 6.42 Å². The number of carbonyl (C=O) groups is 2. The van der Waals surface area contributed by atoms with Gasteiger partial charge in [-0.25, -0.2) is 0 Å². The highest BCUT2D eigenvalue weighted by molar-refractivity contribution is 5.95. The van der Waals surface area contributed by atoms with Crippen molar-refractivity contribution in [2.24, 2.45) is 0 Å². The van der Waals surface area contributed by atoms with E-state index >= 15 is 0 Å². The largest absolute Gasteiger partial charge is 0.343 e. The minimum atomic E-state index is 0.102. The van der Waals surface area contributed by atoms with E-state index < -0.39 is 0 Å². The van der Waals surface area contributed by atoms with Gasteiger partial charge in [-0.1, -0.05) is 30.3 Å². The van der Waals surface area contributed by atoms with Gasteiger partial charge in [-0.15, -0.1) is 0 Å². The Morgan fingerprint density at radius 2 is 1.71 bits per heavy atom. The Kier molecular flexibility index (Phi) is 6.73. The van der Waals surface area contributed by atoms with Crippen molar-refractivity contribution >= 4 is 11.8 Å². The minimum absolute atomic E-state index is 0.102. The first-order valence-corrected chi connectivity index (χ1v) is 11.7. The molecule has 0 aliphatic carbocycles. The predicted octanol–water partition coefficient (Wildman–Crippen LogP) is 4.15. The SMILES string of the molecule is CC1CCCC(C)N1C(=O)c1cn[nH]c1C1CCN(C(=O)CCc2ccccc2)CC1. The topological polar surface area (TPSA) is 69.3 Å². The number of aromatic amines is 1. The Bertz CT molecular complexity index is 876. The molecular formula is C25H34N4O2. The summed E-state index contributed by atoms with van der Waals surface area (Å²) in [4.78, 5) is 30.0. The molecule has 166 valence electrons. The zero-order valence-electron chi connectivity index (χ0n) is 18.7. The second-order valence-corrected chi connectivity index (χ2v) is 9.18. The van der Waals surface area contributed by atoms with Gasteiger partial charge in [0.2, 0.25) is 5.91 Å². The molecule has 0 bridgehead atoms. The van der Waals surface area contributed by atoms with Crippen LogP contribution in [0.3, 0.4) is 0 Å². The second-order valence-electron chi connectivity index (χ2n) is 9.18. The van der Waals surface area contributed by atoms with Crippen molar-refractivity contribution in [3.8, 4) is 0 Å². The molecule has 6 heteroatoms. The fraction of sp³-hybridized carbons (Fsp3) is 0.560. The summed E-state index contributed by atoms with van der Waals surface area (Å²) in [5, 5.41) is 7.34. The summed E-state index contributed by atoms with van der Waals surface area (Å²) in [7, 11) is 0. The first-order valence-electron chi connectivity index (χ1n) is 11.7. The third-order valence-corrected chi connectivity index (χ3v) is 7.05. The second kappa shape index (κ2) is 9.67. The van der Waals surface area contributed by atoms with Crippen LogP contribution in [-0.4, -0.2) is 57.0 Å². The molecule has 2 atom stereocenters. The molecule has 0 saturated carbocycles. The average Bonchev–Trinajstić information content (AvgIpc) is 3.28. The number of nitrogens with one attached hydrogen (secondary N) is 1. The fourth-order valence-corrected chi connectivity index (χ4v) is 5.21. The van der Waals surface area contributed by atoms with Gasteiger partial charge < -0.3 is 9.80 Å². The number of nitrogens with zero attached hydrogens (tertiary/aromatic N) is 3. The van der Waals surface area contributed by atoms with Gasteiger partial charge in [0.05, 0.1) is 17.5 Å². The van der Waals surface area contributed by atoms with Crippen LogP contribution < -0.4 is 0 Å². The van der Waals surface area contributed by atoms with Crippen LogP contribution in [0.1, 0.15) is 79.9 Å². The maximum atomic E-state index is 13.3. The lowest BCUT2D eigenvalue weighted by Gasteiger charge is -2.39. The molecule has 1 N–H and O–H groups in total. The van der Waals surface area contributed by atoms with E-state index in [4.69, 9.17) is 0 Å². The van der Waals surface area contributed by atoms with Gasteiger partial charge in [0.15, 0.2) is 0 Å². The molecule has 1 aromatic carbocycles. The summed E-state index contributed by atoms with van der Waals surface area (Å²) in [6.07, 6.45) is 8.07. The molecule has 3 heterocycles. The van der Waals surface area contributed by atoms with Crippen LogP contribution in [0.5, 0.6) is 0 Å². The van der Waals surface area contributed by atoms with Crippen LogP contribution >= 0.6 is 0 Å². The van der Waals surface area contributed by atoms with Crippen molar-refractivity contribution in [1.82, 2.24) is 20.0 Å². The molecule has 6 nitrogen and oxygen atoms in total. The van der Waals surface area contributed by atoms with Gasteiger partial charge in [0.25, 0.3) is 5.91 Å². The molecular weight excluding hydrogens is 388 g/mol. The molecule has 2 fully saturated rings. The predicted molar refractivity (Wildman–Crippen MR) is 121 cm³/mol. The molecule has 2 amide bonds. The van der Waals surface area contributed by atoms with E-state index in [1.807, 2.05) is 28.0 Å². The van der Waals surface area contributed by atoms with Crippen LogP contribution in [0.25, 0.3) is 0 Å². The third-order valence-electron chi connectivity index (χ3n) is 7.05. The van der Waals surface area contributed by atoms with E-state index in [1.165, 1.54) is 12.0 Å². The summed E-state index contributed by atoms with van der Waals surface area (Å²) in [5.74, 6) is 0.569. The van der Waals surface area contributed by atoms with Crippen molar-refractivity contribution in [2.75, 3.05) is 13.1 Å². The lowest BCUT2D eigenvalue weighted by atomic mass is 9.90. The van der Waals surface area contributed by atoms with Crippen molar-refractivity contribution in [1.29, 1.82) is 0 Å². The van der Waals surface area contributed by atoms with Crippen LogP contribution in [0.4, 0.5) is 0 Å². The van der Waals surface area contributed by atoms with Gasteiger partial charge in [-0.2, -0.15) is 5.10 Å². The summed E-state index contributed by atoms with van der Waals surface area (Å²) in [6.45, 7) is 5.77. The Morgan fingerprint density at radius 3 is 2.39 bits per heavy atom. The van der Waals surface area contributed by atoms with Crippen molar-refractivity contribution in [3.63, 3.8) is 0 Å². The molecule has 2 saturated heterocycles.